The number of thiazole rings is 1. The van der Waals surface area contributed by atoms with E-state index in [9.17, 15) is 0 Å². The van der Waals surface area contributed by atoms with Crippen LogP contribution in [0.25, 0.3) is 11.3 Å². The van der Waals surface area contributed by atoms with E-state index in [4.69, 9.17) is 4.98 Å². The number of rotatable bonds is 2. The molecule has 0 saturated carbocycles. The summed E-state index contributed by atoms with van der Waals surface area (Å²) in [4.78, 5) is 8.76. The SMILES string of the molecule is Cc1cc(C)c(C)c(-c2nc(N3CCNCC3)sc2C)c1C. The van der Waals surface area contributed by atoms with E-state index in [1.165, 1.54) is 43.5 Å². The average Bonchev–Trinajstić information content (AvgIpc) is 2.89. The van der Waals surface area contributed by atoms with Crippen molar-refractivity contribution in [2.24, 2.45) is 0 Å². The molecule has 118 valence electrons. The summed E-state index contributed by atoms with van der Waals surface area (Å²) in [6, 6.07) is 2.28. The molecule has 0 bridgehead atoms. The van der Waals surface area contributed by atoms with E-state index in [-0.39, 0.29) is 0 Å². The second kappa shape index (κ2) is 6.01. The van der Waals surface area contributed by atoms with Gasteiger partial charge in [-0.1, -0.05) is 6.07 Å². The summed E-state index contributed by atoms with van der Waals surface area (Å²) in [6.45, 7) is 15.3. The van der Waals surface area contributed by atoms with Gasteiger partial charge in [-0.2, -0.15) is 0 Å². The molecule has 2 aromatic rings. The van der Waals surface area contributed by atoms with Gasteiger partial charge in [0, 0.05) is 36.6 Å². The molecule has 1 N–H and O–H groups in total. The van der Waals surface area contributed by atoms with E-state index >= 15 is 0 Å². The van der Waals surface area contributed by atoms with Crippen LogP contribution >= 0.6 is 11.3 Å². The first-order valence-electron chi connectivity index (χ1n) is 8.00. The fraction of sp³-hybridized carbons (Fsp3) is 0.500. The number of hydrogen-bond donors (Lipinski definition) is 1. The molecular weight excluding hydrogens is 290 g/mol. The maximum Gasteiger partial charge on any atom is 0.186 e. The van der Waals surface area contributed by atoms with Gasteiger partial charge in [0.25, 0.3) is 0 Å². The van der Waals surface area contributed by atoms with Crippen molar-refractivity contribution < 1.29 is 0 Å². The maximum absolute atomic E-state index is 5.02. The number of nitrogens with zero attached hydrogens (tertiary/aromatic N) is 2. The molecule has 1 aliphatic heterocycles. The summed E-state index contributed by atoms with van der Waals surface area (Å²) < 4.78 is 0. The van der Waals surface area contributed by atoms with E-state index < -0.39 is 0 Å². The Labute approximate surface area is 137 Å². The first kappa shape index (κ1) is 15.5. The molecule has 0 aliphatic carbocycles. The molecule has 1 aliphatic rings. The highest BCUT2D eigenvalue weighted by molar-refractivity contribution is 7.16. The Kier molecular flexibility index (Phi) is 4.24. The first-order valence-corrected chi connectivity index (χ1v) is 8.81. The highest BCUT2D eigenvalue weighted by Crippen LogP contribution is 2.37. The second-order valence-corrected chi connectivity index (χ2v) is 7.46. The van der Waals surface area contributed by atoms with Crippen molar-refractivity contribution in [2.45, 2.75) is 34.6 Å². The van der Waals surface area contributed by atoms with Crippen LogP contribution in [0.3, 0.4) is 0 Å². The molecule has 1 aromatic carbocycles. The minimum atomic E-state index is 1.05. The third-order valence-corrected chi connectivity index (χ3v) is 5.81. The summed E-state index contributed by atoms with van der Waals surface area (Å²) in [6.07, 6.45) is 0. The summed E-state index contributed by atoms with van der Waals surface area (Å²) in [5.41, 5.74) is 7.96. The van der Waals surface area contributed by atoms with Crippen molar-refractivity contribution in [2.75, 3.05) is 31.1 Å². The van der Waals surface area contributed by atoms with Gasteiger partial charge in [0.15, 0.2) is 5.13 Å². The summed E-state index contributed by atoms with van der Waals surface area (Å²) in [5.74, 6) is 0. The summed E-state index contributed by atoms with van der Waals surface area (Å²) in [5, 5.41) is 4.58. The highest BCUT2D eigenvalue weighted by atomic mass is 32.1. The fourth-order valence-electron chi connectivity index (χ4n) is 3.18. The van der Waals surface area contributed by atoms with Crippen molar-refractivity contribution in [3.05, 3.63) is 33.2 Å². The Morgan fingerprint density at radius 1 is 1.00 bits per heavy atom. The fourth-order valence-corrected chi connectivity index (χ4v) is 4.14. The molecule has 2 heterocycles. The topological polar surface area (TPSA) is 28.2 Å². The van der Waals surface area contributed by atoms with Crippen molar-refractivity contribution in [1.29, 1.82) is 0 Å². The number of benzene rings is 1. The van der Waals surface area contributed by atoms with E-state index in [0.29, 0.717) is 0 Å². The zero-order valence-electron chi connectivity index (χ0n) is 14.2. The Balaban J connectivity index is 2.08. The minimum Gasteiger partial charge on any atom is -0.346 e. The van der Waals surface area contributed by atoms with Gasteiger partial charge in [-0.05, 0) is 56.9 Å². The predicted octanol–water partition coefficient (Wildman–Crippen LogP) is 3.76. The lowest BCUT2D eigenvalue weighted by atomic mass is 9.92. The highest BCUT2D eigenvalue weighted by Gasteiger charge is 2.20. The molecule has 1 saturated heterocycles. The Bertz CT molecular complexity index is 671. The zero-order chi connectivity index (χ0) is 15.9. The van der Waals surface area contributed by atoms with Crippen molar-refractivity contribution in [1.82, 2.24) is 10.3 Å². The molecule has 0 amide bonds. The molecule has 3 rings (SSSR count). The summed E-state index contributed by atoms with van der Waals surface area (Å²) >= 11 is 1.83. The van der Waals surface area contributed by atoms with Gasteiger partial charge in [-0.3, -0.25) is 0 Å². The molecule has 1 aromatic heterocycles. The van der Waals surface area contributed by atoms with Crippen LogP contribution in [0.15, 0.2) is 6.07 Å². The minimum absolute atomic E-state index is 1.05. The van der Waals surface area contributed by atoms with E-state index in [1.54, 1.807) is 0 Å². The molecule has 0 radical (unpaired) electrons. The summed E-state index contributed by atoms with van der Waals surface area (Å²) in [7, 11) is 0. The van der Waals surface area contributed by atoms with Gasteiger partial charge < -0.3 is 10.2 Å². The van der Waals surface area contributed by atoms with Crippen molar-refractivity contribution >= 4 is 16.5 Å². The van der Waals surface area contributed by atoms with Gasteiger partial charge in [0.1, 0.15) is 0 Å². The predicted molar refractivity (Wildman–Crippen MR) is 96.3 cm³/mol. The van der Waals surface area contributed by atoms with Crippen LogP contribution in [0.4, 0.5) is 5.13 Å². The molecule has 22 heavy (non-hydrogen) atoms. The van der Waals surface area contributed by atoms with Gasteiger partial charge in [0.05, 0.1) is 5.69 Å². The third kappa shape index (κ3) is 2.66. The largest absolute Gasteiger partial charge is 0.346 e. The van der Waals surface area contributed by atoms with Crippen LogP contribution < -0.4 is 10.2 Å². The van der Waals surface area contributed by atoms with Gasteiger partial charge in [-0.25, -0.2) is 4.98 Å². The Morgan fingerprint density at radius 2 is 1.59 bits per heavy atom. The zero-order valence-corrected chi connectivity index (χ0v) is 15.0. The van der Waals surface area contributed by atoms with Crippen LogP contribution in [0.1, 0.15) is 27.1 Å². The third-order valence-electron chi connectivity index (χ3n) is 4.78. The quantitative estimate of drug-likeness (QED) is 0.914. The Morgan fingerprint density at radius 3 is 2.18 bits per heavy atom. The number of hydrogen-bond acceptors (Lipinski definition) is 4. The molecule has 1 fully saturated rings. The van der Waals surface area contributed by atoms with Gasteiger partial charge in [0.2, 0.25) is 0 Å². The van der Waals surface area contributed by atoms with Crippen LogP contribution in [0.5, 0.6) is 0 Å². The Hall–Kier alpha value is -1.39. The van der Waals surface area contributed by atoms with Gasteiger partial charge >= 0.3 is 0 Å². The van der Waals surface area contributed by atoms with Crippen molar-refractivity contribution in [3.63, 3.8) is 0 Å². The smallest absolute Gasteiger partial charge is 0.186 e. The van der Waals surface area contributed by atoms with Crippen LogP contribution in [0.2, 0.25) is 0 Å². The average molecular weight is 315 g/mol. The lowest BCUT2D eigenvalue weighted by molar-refractivity contribution is 0.588. The first-order chi connectivity index (χ1) is 10.5. The molecule has 4 heteroatoms. The van der Waals surface area contributed by atoms with Crippen molar-refractivity contribution in [3.8, 4) is 11.3 Å². The van der Waals surface area contributed by atoms with Crippen LogP contribution in [0, 0.1) is 34.6 Å². The monoisotopic (exact) mass is 315 g/mol. The van der Waals surface area contributed by atoms with E-state index in [1.807, 2.05) is 11.3 Å². The molecule has 0 spiro atoms. The molecule has 3 nitrogen and oxygen atoms in total. The standard InChI is InChI=1S/C18H25N3S/c1-11-10-12(2)14(4)16(13(11)3)17-15(5)22-18(20-17)21-8-6-19-7-9-21/h10,19H,6-9H2,1-5H3. The van der Waals surface area contributed by atoms with Gasteiger partial charge in [-0.15, -0.1) is 11.3 Å². The molecule has 0 unspecified atom stereocenters. The molecular formula is C18H25N3S. The van der Waals surface area contributed by atoms with Crippen LogP contribution in [-0.2, 0) is 0 Å². The van der Waals surface area contributed by atoms with E-state index in [0.717, 1.165) is 26.2 Å². The van der Waals surface area contributed by atoms with Crippen LogP contribution in [-0.4, -0.2) is 31.2 Å². The maximum atomic E-state index is 5.02. The van der Waals surface area contributed by atoms with E-state index in [2.05, 4.69) is 50.9 Å². The number of aromatic nitrogens is 1. The normalized spacial score (nSPS) is 15.4. The number of aryl methyl sites for hydroxylation is 3. The lowest BCUT2D eigenvalue weighted by Gasteiger charge is -2.26. The number of nitrogens with one attached hydrogen (secondary N) is 1. The second-order valence-electron chi connectivity index (χ2n) is 6.27. The lowest BCUT2D eigenvalue weighted by Crippen LogP contribution is -2.43. The number of piperazine rings is 1. The number of anilines is 1. The molecule has 0 atom stereocenters.